The number of amides is 1. The minimum absolute atomic E-state index is 0.165. The lowest BCUT2D eigenvalue weighted by molar-refractivity contribution is 0.0951. The number of furan rings is 1. The molecule has 128 valence electrons. The first-order chi connectivity index (χ1) is 12.2. The van der Waals surface area contributed by atoms with Gasteiger partial charge in [-0.15, -0.1) is 0 Å². The van der Waals surface area contributed by atoms with Gasteiger partial charge >= 0.3 is 0 Å². The van der Waals surface area contributed by atoms with E-state index in [2.05, 4.69) is 5.32 Å². The molecule has 0 spiro atoms. The van der Waals surface area contributed by atoms with Crippen LogP contribution in [0.1, 0.15) is 15.9 Å². The molecule has 0 aliphatic heterocycles. The Hall–Kier alpha value is -3.21. The van der Waals surface area contributed by atoms with E-state index in [0.29, 0.717) is 29.4 Å². The highest BCUT2D eigenvalue weighted by Crippen LogP contribution is 2.28. The van der Waals surface area contributed by atoms with Crippen LogP contribution in [0.3, 0.4) is 0 Å². The summed E-state index contributed by atoms with van der Waals surface area (Å²) in [7, 11) is 3.17. The second-order valence-electron chi connectivity index (χ2n) is 5.39. The zero-order valence-electron chi connectivity index (χ0n) is 14.1. The molecule has 3 rings (SSSR count). The van der Waals surface area contributed by atoms with Gasteiger partial charge in [-0.05, 0) is 35.9 Å². The number of nitrogens with one attached hydrogen (secondary N) is 1. The van der Waals surface area contributed by atoms with E-state index in [1.165, 1.54) is 0 Å². The largest absolute Gasteiger partial charge is 0.493 e. The summed E-state index contributed by atoms with van der Waals surface area (Å²) in [5, 5.41) is 2.93. The second kappa shape index (κ2) is 7.57. The third-order valence-electron chi connectivity index (χ3n) is 3.86. The van der Waals surface area contributed by atoms with Crippen LogP contribution < -0.4 is 14.8 Å². The smallest absolute Gasteiger partial charge is 0.252 e. The van der Waals surface area contributed by atoms with E-state index >= 15 is 0 Å². The summed E-state index contributed by atoms with van der Waals surface area (Å²) in [5.74, 6) is 1.78. The van der Waals surface area contributed by atoms with E-state index in [4.69, 9.17) is 13.9 Å². The Morgan fingerprint density at radius 3 is 2.52 bits per heavy atom. The molecule has 0 unspecified atom stereocenters. The number of methoxy groups -OCH3 is 2. The molecule has 0 bridgehead atoms. The highest BCUT2D eigenvalue weighted by atomic mass is 16.5. The molecule has 1 aromatic heterocycles. The fraction of sp³-hybridized carbons (Fsp3) is 0.150. The second-order valence-corrected chi connectivity index (χ2v) is 5.39. The predicted molar refractivity (Wildman–Crippen MR) is 94.9 cm³/mol. The van der Waals surface area contributed by atoms with Gasteiger partial charge in [0.15, 0.2) is 11.5 Å². The van der Waals surface area contributed by atoms with Gasteiger partial charge in [0.2, 0.25) is 0 Å². The molecule has 25 heavy (non-hydrogen) atoms. The maximum Gasteiger partial charge on any atom is 0.252 e. The topological polar surface area (TPSA) is 60.7 Å². The van der Waals surface area contributed by atoms with Crippen LogP contribution in [0.2, 0.25) is 0 Å². The molecular formula is C20H19NO4. The van der Waals surface area contributed by atoms with Crippen molar-refractivity contribution >= 4 is 5.91 Å². The molecule has 5 nitrogen and oxygen atoms in total. The van der Waals surface area contributed by atoms with E-state index in [1.807, 2.05) is 42.5 Å². The predicted octanol–water partition coefficient (Wildman–Crippen LogP) is 3.89. The maximum atomic E-state index is 12.6. The Morgan fingerprint density at radius 2 is 1.80 bits per heavy atom. The van der Waals surface area contributed by atoms with Gasteiger partial charge in [0.1, 0.15) is 5.76 Å². The lowest BCUT2D eigenvalue weighted by Gasteiger charge is -2.11. The summed E-state index contributed by atoms with van der Waals surface area (Å²) in [6, 6.07) is 16.5. The van der Waals surface area contributed by atoms with Crippen LogP contribution in [0.15, 0.2) is 65.3 Å². The van der Waals surface area contributed by atoms with Gasteiger partial charge in [0.25, 0.3) is 5.91 Å². The number of carbonyl (C=O) groups is 1. The number of benzene rings is 2. The molecule has 0 aliphatic rings. The Morgan fingerprint density at radius 1 is 1.00 bits per heavy atom. The van der Waals surface area contributed by atoms with Crippen molar-refractivity contribution in [2.75, 3.05) is 14.2 Å². The van der Waals surface area contributed by atoms with Gasteiger partial charge in [-0.1, -0.05) is 24.3 Å². The van der Waals surface area contributed by atoms with Gasteiger partial charge in [-0.2, -0.15) is 0 Å². The minimum Gasteiger partial charge on any atom is -0.493 e. The maximum absolute atomic E-state index is 12.6. The minimum atomic E-state index is -0.165. The van der Waals surface area contributed by atoms with Crippen LogP contribution in [-0.4, -0.2) is 20.1 Å². The molecule has 5 heteroatoms. The standard InChI is InChI=1S/C20H19NO4/c1-23-18-10-9-14(12-19(18)24-2)13-21-20(22)16-7-4-3-6-15(16)17-8-5-11-25-17/h3-12H,13H2,1-2H3,(H,21,22). The SMILES string of the molecule is COc1ccc(CNC(=O)c2ccccc2-c2ccco2)cc1OC. The summed E-state index contributed by atoms with van der Waals surface area (Å²) in [5.41, 5.74) is 2.25. The summed E-state index contributed by atoms with van der Waals surface area (Å²) in [6.07, 6.45) is 1.59. The Kier molecular flexibility index (Phi) is 5.04. The van der Waals surface area contributed by atoms with Crippen molar-refractivity contribution in [3.05, 3.63) is 72.0 Å². The Bertz CT molecular complexity index is 856. The number of carbonyl (C=O) groups excluding carboxylic acids is 1. The molecule has 1 N–H and O–H groups in total. The first-order valence-corrected chi connectivity index (χ1v) is 7.85. The van der Waals surface area contributed by atoms with Gasteiger partial charge in [-0.3, -0.25) is 4.79 Å². The number of hydrogen-bond donors (Lipinski definition) is 1. The average Bonchev–Trinajstić information content (AvgIpc) is 3.20. The van der Waals surface area contributed by atoms with E-state index in [9.17, 15) is 4.79 Å². The molecule has 0 radical (unpaired) electrons. The number of hydrogen-bond acceptors (Lipinski definition) is 4. The summed E-state index contributed by atoms with van der Waals surface area (Å²) in [4.78, 5) is 12.6. The van der Waals surface area contributed by atoms with Crippen molar-refractivity contribution in [3.8, 4) is 22.8 Å². The third-order valence-corrected chi connectivity index (χ3v) is 3.86. The molecule has 2 aromatic carbocycles. The summed E-state index contributed by atoms with van der Waals surface area (Å²) < 4.78 is 15.9. The Balaban J connectivity index is 1.76. The molecule has 1 heterocycles. The fourth-order valence-electron chi connectivity index (χ4n) is 2.60. The van der Waals surface area contributed by atoms with Gasteiger partial charge in [0.05, 0.1) is 26.0 Å². The normalized spacial score (nSPS) is 10.3. The molecular weight excluding hydrogens is 318 g/mol. The molecule has 0 atom stereocenters. The zero-order chi connectivity index (χ0) is 17.6. The quantitative estimate of drug-likeness (QED) is 0.741. The van der Waals surface area contributed by atoms with Crippen LogP contribution in [0.5, 0.6) is 11.5 Å². The van der Waals surface area contributed by atoms with Crippen LogP contribution in [0, 0.1) is 0 Å². The van der Waals surface area contributed by atoms with Crippen molar-refractivity contribution in [2.45, 2.75) is 6.54 Å². The van der Waals surface area contributed by atoms with Gasteiger partial charge in [-0.25, -0.2) is 0 Å². The van der Waals surface area contributed by atoms with E-state index in [0.717, 1.165) is 11.1 Å². The van der Waals surface area contributed by atoms with Crippen LogP contribution in [0.25, 0.3) is 11.3 Å². The van der Waals surface area contributed by atoms with Gasteiger partial charge < -0.3 is 19.2 Å². The van der Waals surface area contributed by atoms with Crippen molar-refractivity contribution in [1.82, 2.24) is 5.32 Å². The zero-order valence-corrected chi connectivity index (χ0v) is 14.1. The summed E-state index contributed by atoms with van der Waals surface area (Å²) >= 11 is 0. The molecule has 0 saturated heterocycles. The van der Waals surface area contributed by atoms with E-state index < -0.39 is 0 Å². The molecule has 3 aromatic rings. The van der Waals surface area contributed by atoms with Crippen LogP contribution >= 0.6 is 0 Å². The fourth-order valence-corrected chi connectivity index (χ4v) is 2.60. The Labute approximate surface area is 146 Å². The monoisotopic (exact) mass is 337 g/mol. The lowest BCUT2D eigenvalue weighted by Crippen LogP contribution is -2.23. The number of ether oxygens (including phenoxy) is 2. The van der Waals surface area contributed by atoms with Crippen LogP contribution in [0.4, 0.5) is 0 Å². The molecule has 0 fully saturated rings. The van der Waals surface area contributed by atoms with Crippen molar-refractivity contribution < 1.29 is 18.7 Å². The number of rotatable bonds is 6. The van der Waals surface area contributed by atoms with Crippen LogP contribution in [-0.2, 0) is 6.54 Å². The van der Waals surface area contributed by atoms with Crippen molar-refractivity contribution in [2.24, 2.45) is 0 Å². The molecule has 0 saturated carbocycles. The van der Waals surface area contributed by atoms with E-state index in [1.54, 1.807) is 32.6 Å². The first-order valence-electron chi connectivity index (χ1n) is 7.85. The van der Waals surface area contributed by atoms with Crippen molar-refractivity contribution in [1.29, 1.82) is 0 Å². The third kappa shape index (κ3) is 3.66. The highest BCUT2D eigenvalue weighted by molar-refractivity contribution is 6.00. The first kappa shape index (κ1) is 16.6. The van der Waals surface area contributed by atoms with Crippen molar-refractivity contribution in [3.63, 3.8) is 0 Å². The average molecular weight is 337 g/mol. The summed E-state index contributed by atoms with van der Waals surface area (Å²) in [6.45, 7) is 0.381. The molecule has 1 amide bonds. The van der Waals surface area contributed by atoms with Gasteiger partial charge in [0, 0.05) is 12.1 Å². The highest BCUT2D eigenvalue weighted by Gasteiger charge is 2.14. The van der Waals surface area contributed by atoms with E-state index in [-0.39, 0.29) is 5.91 Å². The lowest BCUT2D eigenvalue weighted by atomic mass is 10.0. The molecule has 0 aliphatic carbocycles.